The molecule has 3 heterocycles. The lowest BCUT2D eigenvalue weighted by Crippen LogP contribution is -2.55. The molecular formula is C16H20N6O2. The molecule has 0 aliphatic carbocycles. The van der Waals surface area contributed by atoms with Crippen molar-refractivity contribution in [2.24, 2.45) is 0 Å². The van der Waals surface area contributed by atoms with Gasteiger partial charge < -0.3 is 14.9 Å². The lowest BCUT2D eigenvalue weighted by atomic mass is 9.92. The molecule has 24 heavy (non-hydrogen) atoms. The minimum absolute atomic E-state index is 0.229. The number of nitrogens with zero attached hydrogens (tertiary/aromatic N) is 6. The highest BCUT2D eigenvalue weighted by atomic mass is 16.3. The van der Waals surface area contributed by atoms with E-state index in [1.165, 1.54) is 17.4 Å². The number of hydrogen-bond acceptors (Lipinski definition) is 7. The highest BCUT2D eigenvalue weighted by Gasteiger charge is 2.36. The third-order valence-corrected chi connectivity index (χ3v) is 4.11. The van der Waals surface area contributed by atoms with Gasteiger partial charge in [-0.05, 0) is 18.9 Å². The van der Waals surface area contributed by atoms with E-state index >= 15 is 0 Å². The third-order valence-electron chi connectivity index (χ3n) is 4.11. The molecule has 1 saturated heterocycles. The van der Waals surface area contributed by atoms with Gasteiger partial charge in [0.05, 0.1) is 18.3 Å². The lowest BCUT2D eigenvalue weighted by molar-refractivity contribution is -0.000293. The Hall–Kier alpha value is -2.61. The molecule has 0 spiro atoms. The molecule has 0 aromatic carbocycles. The van der Waals surface area contributed by atoms with E-state index in [0.717, 1.165) is 18.8 Å². The van der Waals surface area contributed by atoms with E-state index in [1.54, 1.807) is 31.7 Å². The first-order valence-electron chi connectivity index (χ1n) is 7.82. The summed E-state index contributed by atoms with van der Waals surface area (Å²) in [6, 6.07) is 1.57. The summed E-state index contributed by atoms with van der Waals surface area (Å²) in [5, 5.41) is 11.0. The van der Waals surface area contributed by atoms with Crippen molar-refractivity contribution in [2.75, 3.05) is 31.6 Å². The van der Waals surface area contributed by atoms with Crippen LogP contribution in [0.1, 0.15) is 23.3 Å². The predicted molar refractivity (Wildman–Crippen MR) is 87.4 cm³/mol. The number of rotatable bonds is 4. The summed E-state index contributed by atoms with van der Waals surface area (Å²) >= 11 is 0. The molecule has 8 heteroatoms. The maximum absolute atomic E-state index is 12.4. The largest absolute Gasteiger partial charge is 0.386 e. The first kappa shape index (κ1) is 16.3. The van der Waals surface area contributed by atoms with Gasteiger partial charge in [-0.15, -0.1) is 0 Å². The molecule has 3 rings (SSSR count). The molecule has 1 aliphatic heterocycles. The highest BCUT2D eigenvalue weighted by Crippen LogP contribution is 2.25. The molecule has 1 N–H and O–H groups in total. The zero-order valence-electron chi connectivity index (χ0n) is 13.5. The predicted octanol–water partition coefficient (Wildman–Crippen LogP) is 0.370. The lowest BCUT2D eigenvalue weighted by Gasteiger charge is -2.41. The molecule has 1 unspecified atom stereocenters. The summed E-state index contributed by atoms with van der Waals surface area (Å²) in [6.07, 6.45) is 9.25. The van der Waals surface area contributed by atoms with Gasteiger partial charge in [0.15, 0.2) is 0 Å². The number of piperidine rings is 1. The Morgan fingerprint density at radius 2 is 2.21 bits per heavy atom. The molecule has 0 saturated carbocycles. The Kier molecular flexibility index (Phi) is 4.66. The van der Waals surface area contributed by atoms with E-state index in [-0.39, 0.29) is 12.5 Å². The van der Waals surface area contributed by atoms with Crippen LogP contribution in [-0.4, -0.2) is 68.1 Å². The molecule has 2 aromatic rings. The maximum Gasteiger partial charge on any atom is 0.272 e. The van der Waals surface area contributed by atoms with E-state index in [4.69, 9.17) is 0 Å². The topological polar surface area (TPSA) is 95.3 Å². The van der Waals surface area contributed by atoms with Crippen molar-refractivity contribution in [1.29, 1.82) is 0 Å². The summed E-state index contributed by atoms with van der Waals surface area (Å²) in [7, 11) is 1.67. The second kappa shape index (κ2) is 6.88. The van der Waals surface area contributed by atoms with Crippen LogP contribution in [0, 0.1) is 0 Å². The zero-order valence-corrected chi connectivity index (χ0v) is 13.5. The maximum atomic E-state index is 12.4. The van der Waals surface area contributed by atoms with E-state index in [2.05, 4.69) is 19.9 Å². The van der Waals surface area contributed by atoms with Crippen molar-refractivity contribution in [3.8, 4) is 0 Å². The van der Waals surface area contributed by atoms with E-state index in [9.17, 15) is 9.90 Å². The Morgan fingerprint density at radius 1 is 1.33 bits per heavy atom. The number of aromatic nitrogens is 4. The monoisotopic (exact) mass is 328 g/mol. The fourth-order valence-corrected chi connectivity index (χ4v) is 3.02. The molecule has 0 radical (unpaired) electrons. The van der Waals surface area contributed by atoms with E-state index in [1.807, 2.05) is 4.90 Å². The van der Waals surface area contributed by atoms with Crippen LogP contribution in [0.25, 0.3) is 0 Å². The van der Waals surface area contributed by atoms with Gasteiger partial charge in [0.2, 0.25) is 0 Å². The van der Waals surface area contributed by atoms with Gasteiger partial charge in [0.1, 0.15) is 17.8 Å². The van der Waals surface area contributed by atoms with Crippen LogP contribution < -0.4 is 4.90 Å². The number of anilines is 1. The summed E-state index contributed by atoms with van der Waals surface area (Å²) in [5.74, 6) is 0.503. The molecule has 2 aromatic heterocycles. The average Bonchev–Trinajstić information content (AvgIpc) is 2.62. The van der Waals surface area contributed by atoms with Crippen LogP contribution in [-0.2, 0) is 0 Å². The number of aliphatic hydroxyl groups is 1. The number of likely N-dealkylation sites (N-methyl/N-ethyl adjacent to an activating group) is 1. The number of β-amino-alcohol motifs (C(OH)–C–C–N with tert-alkyl or cyclic N) is 1. The quantitative estimate of drug-likeness (QED) is 0.866. The van der Waals surface area contributed by atoms with Crippen LogP contribution in [0.15, 0.2) is 37.2 Å². The van der Waals surface area contributed by atoms with Crippen molar-refractivity contribution in [2.45, 2.75) is 18.4 Å². The van der Waals surface area contributed by atoms with Crippen molar-refractivity contribution in [1.82, 2.24) is 24.8 Å². The first-order chi connectivity index (χ1) is 11.6. The zero-order chi connectivity index (χ0) is 17.0. The minimum Gasteiger partial charge on any atom is -0.386 e. The molecule has 8 nitrogen and oxygen atoms in total. The molecule has 1 amide bonds. The SMILES string of the molecule is CN(CC1(O)CCCN(c2cnccn2)C1)C(=O)c1ccncn1. The minimum atomic E-state index is -0.993. The van der Waals surface area contributed by atoms with Crippen LogP contribution in [0.2, 0.25) is 0 Å². The van der Waals surface area contributed by atoms with Crippen LogP contribution in [0.3, 0.4) is 0 Å². The Labute approximate surface area is 140 Å². The summed E-state index contributed by atoms with van der Waals surface area (Å²) in [5.41, 5.74) is -0.676. The fourth-order valence-electron chi connectivity index (χ4n) is 3.02. The number of carbonyl (C=O) groups is 1. The van der Waals surface area contributed by atoms with Crippen molar-refractivity contribution in [3.63, 3.8) is 0 Å². The second-order valence-electron chi connectivity index (χ2n) is 6.07. The van der Waals surface area contributed by atoms with Crippen LogP contribution in [0.4, 0.5) is 5.82 Å². The van der Waals surface area contributed by atoms with Gasteiger partial charge in [0, 0.05) is 38.7 Å². The smallest absolute Gasteiger partial charge is 0.272 e. The fraction of sp³-hybridized carbons (Fsp3) is 0.438. The van der Waals surface area contributed by atoms with Crippen molar-refractivity contribution >= 4 is 11.7 Å². The van der Waals surface area contributed by atoms with Gasteiger partial charge in [0.25, 0.3) is 5.91 Å². The van der Waals surface area contributed by atoms with Crippen molar-refractivity contribution in [3.05, 3.63) is 42.9 Å². The Morgan fingerprint density at radius 3 is 2.92 bits per heavy atom. The molecule has 126 valence electrons. The molecule has 1 fully saturated rings. The normalized spacial score (nSPS) is 20.7. The van der Waals surface area contributed by atoms with Gasteiger partial charge in [-0.1, -0.05) is 0 Å². The summed E-state index contributed by atoms with van der Waals surface area (Å²) in [6.45, 7) is 1.45. The van der Waals surface area contributed by atoms with Crippen LogP contribution in [0.5, 0.6) is 0 Å². The highest BCUT2D eigenvalue weighted by molar-refractivity contribution is 5.92. The molecular weight excluding hydrogens is 308 g/mol. The van der Waals surface area contributed by atoms with Gasteiger partial charge in [-0.2, -0.15) is 0 Å². The Bertz CT molecular complexity index is 683. The second-order valence-corrected chi connectivity index (χ2v) is 6.07. The van der Waals surface area contributed by atoms with E-state index in [0.29, 0.717) is 18.7 Å². The van der Waals surface area contributed by atoms with Gasteiger partial charge in [-0.3, -0.25) is 9.78 Å². The molecule has 1 atom stereocenters. The standard InChI is InChI=1S/C16H20N6O2/c1-21(15(23)13-3-5-18-12-20-13)10-16(24)4-2-8-22(11-16)14-9-17-6-7-19-14/h3,5-7,9,12,24H,2,4,8,10-11H2,1H3. The first-order valence-corrected chi connectivity index (χ1v) is 7.82. The number of carbonyl (C=O) groups excluding carboxylic acids is 1. The van der Waals surface area contributed by atoms with Crippen molar-refractivity contribution < 1.29 is 9.90 Å². The average molecular weight is 328 g/mol. The Balaban J connectivity index is 1.68. The van der Waals surface area contributed by atoms with E-state index < -0.39 is 5.60 Å². The van der Waals surface area contributed by atoms with Gasteiger partial charge >= 0.3 is 0 Å². The summed E-state index contributed by atoms with van der Waals surface area (Å²) in [4.78, 5) is 32.0. The van der Waals surface area contributed by atoms with Crippen LogP contribution >= 0.6 is 0 Å². The number of hydrogen-bond donors (Lipinski definition) is 1. The van der Waals surface area contributed by atoms with Gasteiger partial charge in [-0.25, -0.2) is 15.0 Å². The third kappa shape index (κ3) is 3.65. The molecule has 1 aliphatic rings. The number of amides is 1. The molecule has 0 bridgehead atoms. The summed E-state index contributed by atoms with van der Waals surface area (Å²) < 4.78 is 0.